The molecule has 0 spiro atoms. The van der Waals surface area contributed by atoms with E-state index in [1.54, 1.807) is 11.3 Å². The van der Waals surface area contributed by atoms with Gasteiger partial charge >= 0.3 is 0 Å². The zero-order valence-corrected chi connectivity index (χ0v) is 10.6. The van der Waals surface area contributed by atoms with E-state index in [0.29, 0.717) is 0 Å². The summed E-state index contributed by atoms with van der Waals surface area (Å²) in [5.41, 5.74) is 0. The van der Waals surface area contributed by atoms with Crippen LogP contribution in [0.3, 0.4) is 0 Å². The second-order valence-electron chi connectivity index (χ2n) is 4.43. The minimum atomic E-state index is 0.931. The number of hydrogen-bond acceptors (Lipinski definition) is 4. The van der Waals surface area contributed by atoms with E-state index in [2.05, 4.69) is 15.6 Å². The zero-order valence-electron chi connectivity index (χ0n) is 9.74. The lowest BCUT2D eigenvalue weighted by Crippen LogP contribution is -2.19. The molecule has 0 aliphatic carbocycles. The first-order valence-electron chi connectivity index (χ1n) is 6.25. The van der Waals surface area contributed by atoms with Crippen molar-refractivity contribution in [3.05, 3.63) is 16.6 Å². The Morgan fingerprint density at radius 3 is 3.25 bits per heavy atom. The maximum atomic E-state index is 4.27. The summed E-state index contributed by atoms with van der Waals surface area (Å²) in [6, 6.07) is 0. The van der Waals surface area contributed by atoms with Crippen LogP contribution in [0.1, 0.15) is 24.3 Å². The number of rotatable bonds is 7. The van der Waals surface area contributed by atoms with Crippen molar-refractivity contribution in [1.82, 2.24) is 15.6 Å². The van der Waals surface area contributed by atoms with Crippen LogP contribution in [0.25, 0.3) is 0 Å². The highest BCUT2D eigenvalue weighted by Gasteiger charge is 2.12. The molecule has 0 bridgehead atoms. The van der Waals surface area contributed by atoms with Gasteiger partial charge in [-0.3, -0.25) is 0 Å². The third-order valence-electron chi connectivity index (χ3n) is 3.13. The molecule has 2 heterocycles. The topological polar surface area (TPSA) is 37.0 Å². The molecule has 4 heteroatoms. The van der Waals surface area contributed by atoms with Gasteiger partial charge < -0.3 is 10.6 Å². The van der Waals surface area contributed by atoms with Crippen molar-refractivity contribution >= 4 is 11.3 Å². The molecule has 1 aliphatic rings. The normalized spacial score (nSPS) is 20.4. The van der Waals surface area contributed by atoms with E-state index in [0.717, 1.165) is 25.4 Å². The number of aromatic nitrogens is 1. The standard InChI is InChI=1S/C12H21N3S/c1(2-11-3-6-14-10-11)5-13-7-4-12-15-8-9-16-12/h8-9,11,13-14H,1-7,10H2. The highest BCUT2D eigenvalue weighted by atomic mass is 32.1. The van der Waals surface area contributed by atoms with Gasteiger partial charge in [0.2, 0.25) is 0 Å². The third-order valence-corrected chi connectivity index (χ3v) is 3.97. The van der Waals surface area contributed by atoms with Crippen LogP contribution in [-0.2, 0) is 6.42 Å². The summed E-state index contributed by atoms with van der Waals surface area (Å²) in [5, 5.41) is 10.2. The molecular weight excluding hydrogens is 218 g/mol. The van der Waals surface area contributed by atoms with Gasteiger partial charge in [-0.15, -0.1) is 11.3 Å². The van der Waals surface area contributed by atoms with Gasteiger partial charge in [-0.25, -0.2) is 4.98 Å². The Morgan fingerprint density at radius 1 is 1.50 bits per heavy atom. The lowest BCUT2D eigenvalue weighted by molar-refractivity contribution is 0.493. The molecule has 0 aromatic carbocycles. The summed E-state index contributed by atoms with van der Waals surface area (Å²) in [6.07, 6.45) is 7.01. The van der Waals surface area contributed by atoms with Gasteiger partial charge in [-0.2, -0.15) is 0 Å². The molecule has 1 aliphatic heterocycles. The van der Waals surface area contributed by atoms with E-state index in [4.69, 9.17) is 0 Å². The fourth-order valence-electron chi connectivity index (χ4n) is 2.17. The Bertz CT molecular complexity index is 268. The number of thiazole rings is 1. The number of nitrogens with one attached hydrogen (secondary N) is 2. The molecule has 1 unspecified atom stereocenters. The highest BCUT2D eigenvalue weighted by Crippen LogP contribution is 2.13. The molecule has 2 N–H and O–H groups in total. The van der Waals surface area contributed by atoms with Crippen LogP contribution in [0.15, 0.2) is 11.6 Å². The van der Waals surface area contributed by atoms with Gasteiger partial charge in [0.05, 0.1) is 5.01 Å². The predicted molar refractivity (Wildman–Crippen MR) is 68.9 cm³/mol. The Labute approximate surface area is 102 Å². The van der Waals surface area contributed by atoms with Crippen molar-refractivity contribution in [2.75, 3.05) is 26.2 Å². The molecule has 90 valence electrons. The van der Waals surface area contributed by atoms with Crippen molar-refractivity contribution in [2.24, 2.45) is 5.92 Å². The van der Waals surface area contributed by atoms with E-state index in [9.17, 15) is 0 Å². The SMILES string of the molecule is c1csc(CCNCCCC2CCNC2)n1. The first kappa shape index (κ1) is 12.0. The molecule has 1 fully saturated rings. The predicted octanol–water partition coefficient (Wildman–Crippen LogP) is 1.66. The Hall–Kier alpha value is -0.450. The smallest absolute Gasteiger partial charge is 0.0937 e. The molecule has 1 atom stereocenters. The van der Waals surface area contributed by atoms with Crippen LogP contribution in [0.4, 0.5) is 0 Å². The van der Waals surface area contributed by atoms with Gasteiger partial charge in [0.1, 0.15) is 0 Å². The highest BCUT2D eigenvalue weighted by molar-refractivity contribution is 7.09. The molecule has 1 aromatic heterocycles. The summed E-state index contributed by atoms with van der Waals surface area (Å²) in [6.45, 7) is 4.68. The molecule has 1 saturated heterocycles. The van der Waals surface area contributed by atoms with Crippen LogP contribution in [-0.4, -0.2) is 31.2 Å². The maximum Gasteiger partial charge on any atom is 0.0937 e. The van der Waals surface area contributed by atoms with Gasteiger partial charge in [-0.05, 0) is 44.8 Å². The molecule has 3 nitrogen and oxygen atoms in total. The quantitative estimate of drug-likeness (QED) is 0.711. The largest absolute Gasteiger partial charge is 0.316 e. The van der Waals surface area contributed by atoms with Crippen LogP contribution >= 0.6 is 11.3 Å². The van der Waals surface area contributed by atoms with Crippen LogP contribution in [0, 0.1) is 5.92 Å². The molecule has 0 amide bonds. The third kappa shape index (κ3) is 4.20. The van der Waals surface area contributed by atoms with E-state index in [-0.39, 0.29) is 0 Å². The van der Waals surface area contributed by atoms with E-state index < -0.39 is 0 Å². The van der Waals surface area contributed by atoms with E-state index in [1.807, 2.05) is 11.6 Å². The van der Waals surface area contributed by atoms with Gasteiger partial charge in [0, 0.05) is 24.5 Å². The maximum absolute atomic E-state index is 4.27. The van der Waals surface area contributed by atoms with Crippen molar-refractivity contribution in [1.29, 1.82) is 0 Å². The second kappa shape index (κ2) is 6.99. The Kier molecular flexibility index (Phi) is 5.25. The average molecular weight is 239 g/mol. The van der Waals surface area contributed by atoms with Gasteiger partial charge in [0.25, 0.3) is 0 Å². The zero-order chi connectivity index (χ0) is 11.1. The first-order chi connectivity index (χ1) is 7.95. The summed E-state index contributed by atoms with van der Waals surface area (Å²) in [7, 11) is 0. The summed E-state index contributed by atoms with van der Waals surface area (Å²) in [4.78, 5) is 4.27. The monoisotopic (exact) mass is 239 g/mol. The number of nitrogens with zero attached hydrogens (tertiary/aromatic N) is 1. The molecule has 2 rings (SSSR count). The second-order valence-corrected chi connectivity index (χ2v) is 5.41. The van der Waals surface area contributed by atoms with Gasteiger partial charge in [-0.1, -0.05) is 0 Å². The van der Waals surface area contributed by atoms with Gasteiger partial charge in [0.15, 0.2) is 0 Å². The van der Waals surface area contributed by atoms with E-state index >= 15 is 0 Å². The minimum absolute atomic E-state index is 0.931. The molecule has 1 aromatic rings. The van der Waals surface area contributed by atoms with E-state index in [1.165, 1.54) is 37.4 Å². The fourth-order valence-corrected chi connectivity index (χ4v) is 2.79. The number of hydrogen-bond donors (Lipinski definition) is 2. The molecule has 16 heavy (non-hydrogen) atoms. The molecular formula is C12H21N3S. The summed E-state index contributed by atoms with van der Waals surface area (Å²) in [5.74, 6) is 0.931. The molecule has 0 radical (unpaired) electrons. The molecule has 0 saturated carbocycles. The van der Waals surface area contributed by atoms with Crippen molar-refractivity contribution in [3.8, 4) is 0 Å². The summed E-state index contributed by atoms with van der Waals surface area (Å²) < 4.78 is 0. The van der Waals surface area contributed by atoms with Crippen LogP contribution in [0.5, 0.6) is 0 Å². The van der Waals surface area contributed by atoms with Crippen LogP contribution in [0.2, 0.25) is 0 Å². The Morgan fingerprint density at radius 2 is 2.50 bits per heavy atom. The van der Waals surface area contributed by atoms with Crippen molar-refractivity contribution in [3.63, 3.8) is 0 Å². The summed E-state index contributed by atoms with van der Waals surface area (Å²) >= 11 is 1.75. The lowest BCUT2D eigenvalue weighted by atomic mass is 10.0. The Balaban J connectivity index is 1.43. The average Bonchev–Trinajstić information content (AvgIpc) is 2.96. The fraction of sp³-hybridized carbons (Fsp3) is 0.750. The van der Waals surface area contributed by atoms with Crippen molar-refractivity contribution in [2.45, 2.75) is 25.7 Å². The lowest BCUT2D eigenvalue weighted by Gasteiger charge is -2.08. The first-order valence-corrected chi connectivity index (χ1v) is 7.13. The van der Waals surface area contributed by atoms with Crippen LogP contribution < -0.4 is 10.6 Å². The minimum Gasteiger partial charge on any atom is -0.316 e. The van der Waals surface area contributed by atoms with Crippen molar-refractivity contribution < 1.29 is 0 Å².